The Morgan fingerprint density at radius 2 is 2.03 bits per heavy atom. The number of carbonyl (C=O) groups is 2. The summed E-state index contributed by atoms with van der Waals surface area (Å²) in [6.07, 6.45) is 11.0. The largest absolute Gasteiger partial charge is 0.469 e. The number of likely N-dealkylation sites (tertiary alicyclic amines) is 1. The Bertz CT molecular complexity index is 790. The highest BCUT2D eigenvalue weighted by Crippen LogP contribution is 2.64. The number of ether oxygens (including phenoxy) is 1. The lowest BCUT2D eigenvalue weighted by molar-refractivity contribution is -0.156. The Kier molecular flexibility index (Phi) is 5.30. The van der Waals surface area contributed by atoms with Crippen LogP contribution in [-0.4, -0.2) is 37.0 Å². The standard InChI is InChI=1S/C25H35NO3/c1-24-15-13-20-18(10-12-21-25(20,2)16-14-22(27)26(21)3)19(24)11-9-17(24)7-5-6-8-23(28)29-4/h9,18-21H,6,8,10-16H2,1-4H3/t18?,19?,20?,21-,24-,25-/m1/s1. The lowest BCUT2D eigenvalue weighted by atomic mass is 9.47. The molecule has 29 heavy (non-hydrogen) atoms. The minimum Gasteiger partial charge on any atom is -0.469 e. The number of amides is 1. The van der Waals surface area contributed by atoms with E-state index in [1.807, 2.05) is 7.05 Å². The third-order valence-electron chi connectivity index (χ3n) is 9.04. The maximum atomic E-state index is 12.3. The molecule has 3 aliphatic carbocycles. The molecule has 4 aliphatic rings. The van der Waals surface area contributed by atoms with Gasteiger partial charge >= 0.3 is 5.97 Å². The average molecular weight is 398 g/mol. The molecule has 0 aromatic rings. The summed E-state index contributed by atoms with van der Waals surface area (Å²) in [7, 11) is 3.45. The Labute approximate surface area is 175 Å². The normalized spacial score (nSPS) is 40.8. The summed E-state index contributed by atoms with van der Waals surface area (Å²) in [4.78, 5) is 25.7. The van der Waals surface area contributed by atoms with Crippen LogP contribution in [0, 0.1) is 40.4 Å². The number of fused-ring (bicyclic) bond motifs is 5. The van der Waals surface area contributed by atoms with E-state index in [0.717, 1.165) is 31.1 Å². The second-order valence-corrected chi connectivity index (χ2v) is 10.2. The molecule has 1 amide bonds. The van der Waals surface area contributed by atoms with Crippen molar-refractivity contribution in [3.05, 3.63) is 11.6 Å². The van der Waals surface area contributed by atoms with Gasteiger partial charge in [0, 0.05) is 36.9 Å². The second-order valence-electron chi connectivity index (χ2n) is 10.2. The van der Waals surface area contributed by atoms with Gasteiger partial charge in [-0.05, 0) is 61.7 Å². The number of hydrogen-bond donors (Lipinski definition) is 0. The molecule has 1 heterocycles. The molecule has 0 aromatic heterocycles. The summed E-state index contributed by atoms with van der Waals surface area (Å²) in [5.74, 6) is 8.92. The molecule has 6 atom stereocenters. The summed E-state index contributed by atoms with van der Waals surface area (Å²) in [6, 6.07) is 0.418. The van der Waals surface area contributed by atoms with Gasteiger partial charge in [-0.1, -0.05) is 31.8 Å². The number of piperidine rings is 1. The Morgan fingerprint density at radius 3 is 2.79 bits per heavy atom. The molecule has 1 saturated heterocycles. The molecule has 0 aromatic carbocycles. The fourth-order valence-corrected chi connectivity index (χ4v) is 7.34. The van der Waals surface area contributed by atoms with Crippen molar-refractivity contribution in [1.82, 2.24) is 4.90 Å². The van der Waals surface area contributed by atoms with Crippen LogP contribution >= 0.6 is 0 Å². The highest BCUT2D eigenvalue weighted by molar-refractivity contribution is 5.77. The second kappa shape index (κ2) is 7.49. The van der Waals surface area contributed by atoms with Gasteiger partial charge in [0.15, 0.2) is 0 Å². The van der Waals surface area contributed by atoms with Crippen molar-refractivity contribution < 1.29 is 14.3 Å². The first-order valence-electron chi connectivity index (χ1n) is 11.3. The van der Waals surface area contributed by atoms with Crippen LogP contribution in [0.4, 0.5) is 0 Å². The topological polar surface area (TPSA) is 46.6 Å². The summed E-state index contributed by atoms with van der Waals surface area (Å²) >= 11 is 0. The molecule has 4 rings (SSSR count). The van der Waals surface area contributed by atoms with Crippen LogP contribution in [0.25, 0.3) is 0 Å². The molecule has 2 saturated carbocycles. The minimum atomic E-state index is -0.190. The summed E-state index contributed by atoms with van der Waals surface area (Å²) in [6.45, 7) is 4.89. The Morgan fingerprint density at radius 1 is 1.24 bits per heavy atom. The van der Waals surface area contributed by atoms with E-state index in [-0.39, 0.29) is 16.8 Å². The van der Waals surface area contributed by atoms with E-state index in [2.05, 4.69) is 36.7 Å². The number of nitrogens with zero attached hydrogens (tertiary/aromatic N) is 1. The van der Waals surface area contributed by atoms with Gasteiger partial charge in [0.2, 0.25) is 5.91 Å². The third kappa shape index (κ3) is 3.22. The molecule has 1 aliphatic heterocycles. The summed E-state index contributed by atoms with van der Waals surface area (Å²) in [5, 5.41) is 0. The summed E-state index contributed by atoms with van der Waals surface area (Å²) in [5.41, 5.74) is 1.75. The average Bonchev–Trinajstić information content (AvgIpc) is 3.04. The molecule has 0 spiro atoms. The third-order valence-corrected chi connectivity index (χ3v) is 9.04. The maximum Gasteiger partial charge on any atom is 0.306 e. The molecule has 0 N–H and O–H groups in total. The predicted molar refractivity (Wildman–Crippen MR) is 113 cm³/mol. The number of allylic oxidation sites excluding steroid dienone is 2. The number of esters is 1. The highest BCUT2D eigenvalue weighted by Gasteiger charge is 2.59. The van der Waals surface area contributed by atoms with Crippen LogP contribution in [0.5, 0.6) is 0 Å². The molecule has 0 radical (unpaired) electrons. The fourth-order valence-electron chi connectivity index (χ4n) is 7.34. The molecule has 4 heteroatoms. The van der Waals surface area contributed by atoms with Crippen LogP contribution in [0.2, 0.25) is 0 Å². The predicted octanol–water partition coefficient (Wildman–Crippen LogP) is 4.34. The monoisotopic (exact) mass is 397 g/mol. The minimum absolute atomic E-state index is 0.180. The Balaban J connectivity index is 1.50. The van der Waals surface area contributed by atoms with Gasteiger partial charge in [0.05, 0.1) is 13.5 Å². The molecule has 4 nitrogen and oxygen atoms in total. The molecule has 3 fully saturated rings. The van der Waals surface area contributed by atoms with Gasteiger partial charge in [-0.3, -0.25) is 9.59 Å². The first kappa shape index (κ1) is 20.5. The van der Waals surface area contributed by atoms with Gasteiger partial charge in [-0.25, -0.2) is 0 Å². The van der Waals surface area contributed by atoms with Crippen LogP contribution in [-0.2, 0) is 14.3 Å². The fraction of sp³-hybridized carbons (Fsp3) is 0.760. The molecular weight excluding hydrogens is 362 g/mol. The van der Waals surface area contributed by atoms with Crippen molar-refractivity contribution in [3.8, 4) is 11.8 Å². The maximum absolute atomic E-state index is 12.3. The van der Waals surface area contributed by atoms with Crippen LogP contribution in [0.15, 0.2) is 11.6 Å². The van der Waals surface area contributed by atoms with E-state index >= 15 is 0 Å². The van der Waals surface area contributed by atoms with Crippen LogP contribution < -0.4 is 0 Å². The summed E-state index contributed by atoms with van der Waals surface area (Å²) < 4.78 is 4.71. The van der Waals surface area contributed by atoms with E-state index in [4.69, 9.17) is 4.74 Å². The van der Waals surface area contributed by atoms with E-state index in [1.54, 1.807) is 0 Å². The van der Waals surface area contributed by atoms with E-state index in [9.17, 15) is 9.59 Å². The number of carbonyl (C=O) groups excluding carboxylic acids is 2. The highest BCUT2D eigenvalue weighted by atomic mass is 16.5. The zero-order valence-electron chi connectivity index (χ0n) is 18.4. The van der Waals surface area contributed by atoms with Crippen LogP contribution in [0.3, 0.4) is 0 Å². The van der Waals surface area contributed by atoms with Crippen molar-refractivity contribution in [2.24, 2.45) is 28.6 Å². The zero-order chi connectivity index (χ0) is 20.8. The molecule has 158 valence electrons. The van der Waals surface area contributed by atoms with E-state index in [1.165, 1.54) is 31.9 Å². The van der Waals surface area contributed by atoms with Crippen LogP contribution in [0.1, 0.15) is 71.6 Å². The smallest absolute Gasteiger partial charge is 0.306 e. The van der Waals surface area contributed by atoms with Gasteiger partial charge in [0.1, 0.15) is 0 Å². The lowest BCUT2D eigenvalue weighted by Gasteiger charge is -2.61. The van der Waals surface area contributed by atoms with Gasteiger partial charge in [-0.15, -0.1) is 0 Å². The van der Waals surface area contributed by atoms with Gasteiger partial charge in [-0.2, -0.15) is 0 Å². The molecular formula is C25H35NO3. The van der Waals surface area contributed by atoms with Crippen molar-refractivity contribution in [1.29, 1.82) is 0 Å². The van der Waals surface area contributed by atoms with Crippen molar-refractivity contribution in [2.45, 2.75) is 77.7 Å². The van der Waals surface area contributed by atoms with Crippen molar-refractivity contribution >= 4 is 11.9 Å². The van der Waals surface area contributed by atoms with Gasteiger partial charge < -0.3 is 9.64 Å². The van der Waals surface area contributed by atoms with Crippen molar-refractivity contribution in [2.75, 3.05) is 14.2 Å². The van der Waals surface area contributed by atoms with Gasteiger partial charge in [0.25, 0.3) is 0 Å². The number of methoxy groups -OCH3 is 1. The molecule has 0 bridgehead atoms. The lowest BCUT2D eigenvalue weighted by Crippen LogP contribution is -2.61. The van der Waals surface area contributed by atoms with E-state index in [0.29, 0.717) is 37.1 Å². The first-order valence-corrected chi connectivity index (χ1v) is 11.3. The quantitative estimate of drug-likeness (QED) is 0.514. The SMILES string of the molecule is COC(=O)CCC#CC1=CCC2C3CC[C@H]4N(C)C(=O)CC[C@]4(C)C3CC[C@]12C. The Hall–Kier alpha value is -1.76. The number of rotatable bonds is 2. The zero-order valence-corrected chi connectivity index (χ0v) is 18.4. The van der Waals surface area contributed by atoms with E-state index < -0.39 is 0 Å². The van der Waals surface area contributed by atoms with Crippen molar-refractivity contribution in [3.63, 3.8) is 0 Å². The number of hydrogen-bond acceptors (Lipinski definition) is 3. The molecule has 3 unspecified atom stereocenters. The first-order chi connectivity index (χ1) is 13.8.